The Labute approximate surface area is 108 Å². The number of amides is 1. The second-order valence-corrected chi connectivity index (χ2v) is 4.17. The van der Waals surface area contributed by atoms with Crippen molar-refractivity contribution in [3.63, 3.8) is 0 Å². The monoisotopic (exact) mass is 264 g/mol. The van der Waals surface area contributed by atoms with E-state index in [1.807, 2.05) is 0 Å². The lowest BCUT2D eigenvalue weighted by Gasteiger charge is -2.17. The number of nitro groups is 1. The van der Waals surface area contributed by atoms with Crippen molar-refractivity contribution >= 4 is 18.1 Å². The van der Waals surface area contributed by atoms with Crippen molar-refractivity contribution in [3.05, 3.63) is 34.4 Å². The number of nitro benzene ring substituents is 1. The molecule has 1 amide bonds. The smallest absolute Gasteiger partial charge is 0.334 e. The number of ether oxygens (including phenoxy) is 1. The van der Waals surface area contributed by atoms with Crippen molar-refractivity contribution in [2.75, 3.05) is 6.54 Å². The normalized spacial score (nSPS) is 18.1. The molecule has 0 bridgehead atoms. The molecule has 1 aliphatic heterocycles. The van der Waals surface area contributed by atoms with Crippen molar-refractivity contribution < 1.29 is 19.2 Å². The average Bonchev–Trinajstić information content (AvgIpc) is 2.87. The van der Waals surface area contributed by atoms with E-state index in [0.29, 0.717) is 19.4 Å². The number of benzene rings is 1. The van der Waals surface area contributed by atoms with Gasteiger partial charge in [0.05, 0.1) is 4.92 Å². The molecule has 0 spiro atoms. The number of carbonyl (C=O) groups excluding carboxylic acids is 2. The Morgan fingerprint density at radius 3 is 2.68 bits per heavy atom. The number of carbonyl (C=O) groups is 2. The highest BCUT2D eigenvalue weighted by Gasteiger charge is 2.31. The Morgan fingerprint density at radius 1 is 1.42 bits per heavy atom. The molecule has 1 aliphatic rings. The fraction of sp³-hybridized carbons (Fsp3) is 0.333. The van der Waals surface area contributed by atoms with Crippen LogP contribution in [-0.2, 0) is 9.59 Å². The quantitative estimate of drug-likeness (QED) is 0.267. The Morgan fingerprint density at radius 2 is 2.11 bits per heavy atom. The zero-order valence-electron chi connectivity index (χ0n) is 10.0. The van der Waals surface area contributed by atoms with Gasteiger partial charge in [0.2, 0.25) is 6.41 Å². The molecule has 1 heterocycles. The van der Waals surface area contributed by atoms with E-state index in [2.05, 4.69) is 0 Å². The maximum atomic E-state index is 11.8. The lowest BCUT2D eigenvalue weighted by molar-refractivity contribution is -0.384. The van der Waals surface area contributed by atoms with E-state index in [1.165, 1.54) is 29.2 Å². The zero-order chi connectivity index (χ0) is 13.8. The van der Waals surface area contributed by atoms with Gasteiger partial charge in [0.1, 0.15) is 11.8 Å². The lowest BCUT2D eigenvalue weighted by atomic mass is 10.2. The van der Waals surface area contributed by atoms with Crippen LogP contribution < -0.4 is 4.74 Å². The Kier molecular flexibility index (Phi) is 3.74. The predicted octanol–water partition coefficient (Wildman–Crippen LogP) is 1.12. The summed E-state index contributed by atoms with van der Waals surface area (Å²) in [6.45, 7) is 0.545. The van der Waals surface area contributed by atoms with Crippen molar-refractivity contribution in [2.45, 2.75) is 18.9 Å². The molecule has 100 valence electrons. The summed E-state index contributed by atoms with van der Waals surface area (Å²) in [6, 6.07) is 4.67. The molecule has 0 unspecified atom stereocenters. The average molecular weight is 264 g/mol. The minimum atomic E-state index is -0.562. The van der Waals surface area contributed by atoms with Gasteiger partial charge in [-0.05, 0) is 25.0 Å². The summed E-state index contributed by atoms with van der Waals surface area (Å²) in [5.74, 6) is -0.285. The van der Waals surface area contributed by atoms with Crippen LogP contribution in [0.25, 0.3) is 0 Å². The van der Waals surface area contributed by atoms with Crippen LogP contribution in [0.5, 0.6) is 5.75 Å². The van der Waals surface area contributed by atoms with E-state index in [0.717, 1.165) is 6.42 Å². The summed E-state index contributed by atoms with van der Waals surface area (Å²) in [4.78, 5) is 33.9. The van der Waals surface area contributed by atoms with Gasteiger partial charge < -0.3 is 9.64 Å². The first kappa shape index (κ1) is 13.0. The van der Waals surface area contributed by atoms with Crippen molar-refractivity contribution in [1.82, 2.24) is 4.90 Å². The van der Waals surface area contributed by atoms with Crippen LogP contribution in [0.1, 0.15) is 12.8 Å². The summed E-state index contributed by atoms with van der Waals surface area (Å²) >= 11 is 0. The molecule has 7 nitrogen and oxygen atoms in total. The number of hydrogen-bond acceptors (Lipinski definition) is 5. The SMILES string of the molecule is O=CN1CCC[C@H]1C(=O)Oc1ccc([N+](=O)[O-])cc1. The Bertz CT molecular complexity index is 499. The topological polar surface area (TPSA) is 89.8 Å². The highest BCUT2D eigenvalue weighted by Crippen LogP contribution is 2.21. The highest BCUT2D eigenvalue weighted by atomic mass is 16.6. The van der Waals surface area contributed by atoms with Crippen LogP contribution in [0.3, 0.4) is 0 Å². The second kappa shape index (κ2) is 5.47. The minimum absolute atomic E-state index is 0.0739. The number of non-ortho nitro benzene ring substituents is 1. The largest absolute Gasteiger partial charge is 0.425 e. The van der Waals surface area contributed by atoms with Crippen molar-refractivity contribution in [3.8, 4) is 5.75 Å². The van der Waals surface area contributed by atoms with Crippen LogP contribution in [-0.4, -0.2) is 34.8 Å². The molecule has 19 heavy (non-hydrogen) atoms. The van der Waals surface area contributed by atoms with Gasteiger partial charge in [-0.1, -0.05) is 0 Å². The first-order valence-electron chi connectivity index (χ1n) is 5.79. The van der Waals surface area contributed by atoms with Gasteiger partial charge in [-0.2, -0.15) is 0 Å². The third kappa shape index (κ3) is 2.87. The van der Waals surface area contributed by atoms with E-state index < -0.39 is 16.9 Å². The maximum Gasteiger partial charge on any atom is 0.334 e. The summed E-state index contributed by atoms with van der Waals surface area (Å²) < 4.78 is 5.10. The molecule has 2 rings (SSSR count). The number of nitrogens with zero attached hydrogens (tertiary/aromatic N) is 2. The van der Waals surface area contributed by atoms with Gasteiger partial charge in [0.25, 0.3) is 5.69 Å². The first-order valence-corrected chi connectivity index (χ1v) is 5.79. The van der Waals surface area contributed by atoms with Gasteiger partial charge in [0, 0.05) is 18.7 Å². The molecular weight excluding hydrogens is 252 g/mol. The predicted molar refractivity (Wildman–Crippen MR) is 64.5 cm³/mol. The van der Waals surface area contributed by atoms with Crippen LogP contribution in [0, 0.1) is 10.1 Å². The standard InChI is InChI=1S/C12H12N2O5/c15-8-13-7-1-2-11(13)12(16)19-10-5-3-9(4-6-10)14(17)18/h3-6,8,11H,1-2,7H2/t11-/m0/s1. The molecule has 0 radical (unpaired) electrons. The van der Waals surface area contributed by atoms with Gasteiger partial charge in [-0.15, -0.1) is 0 Å². The summed E-state index contributed by atoms with van der Waals surface area (Å²) in [5.41, 5.74) is -0.0739. The van der Waals surface area contributed by atoms with E-state index in [9.17, 15) is 19.7 Å². The number of rotatable bonds is 4. The summed E-state index contributed by atoms with van der Waals surface area (Å²) in [7, 11) is 0. The summed E-state index contributed by atoms with van der Waals surface area (Å²) in [5, 5.41) is 10.5. The fourth-order valence-electron chi connectivity index (χ4n) is 1.99. The molecule has 0 aliphatic carbocycles. The molecule has 0 saturated carbocycles. The van der Waals surface area contributed by atoms with Gasteiger partial charge in [0.15, 0.2) is 0 Å². The maximum absolute atomic E-state index is 11.8. The minimum Gasteiger partial charge on any atom is -0.425 e. The van der Waals surface area contributed by atoms with Gasteiger partial charge in [-0.3, -0.25) is 14.9 Å². The molecule has 0 aromatic heterocycles. The number of esters is 1. The van der Waals surface area contributed by atoms with Gasteiger partial charge >= 0.3 is 5.97 Å². The van der Waals surface area contributed by atoms with Crippen molar-refractivity contribution in [2.24, 2.45) is 0 Å². The fourth-order valence-corrected chi connectivity index (χ4v) is 1.99. The molecule has 1 aromatic rings. The Hall–Kier alpha value is -2.44. The molecule has 1 saturated heterocycles. The van der Waals surface area contributed by atoms with E-state index in [-0.39, 0.29) is 11.4 Å². The molecule has 0 N–H and O–H groups in total. The third-order valence-electron chi connectivity index (χ3n) is 2.97. The second-order valence-electron chi connectivity index (χ2n) is 4.17. The lowest BCUT2D eigenvalue weighted by Crippen LogP contribution is -2.37. The van der Waals surface area contributed by atoms with Crippen LogP contribution in [0.15, 0.2) is 24.3 Å². The Balaban J connectivity index is 2.02. The summed E-state index contributed by atoms with van der Waals surface area (Å²) in [6.07, 6.45) is 1.97. The molecular formula is C12H12N2O5. The van der Waals surface area contributed by atoms with Crippen LogP contribution in [0.2, 0.25) is 0 Å². The van der Waals surface area contributed by atoms with E-state index >= 15 is 0 Å². The molecule has 1 atom stereocenters. The number of hydrogen-bond donors (Lipinski definition) is 0. The van der Waals surface area contributed by atoms with Crippen LogP contribution >= 0.6 is 0 Å². The number of likely N-dealkylation sites (tertiary alicyclic amines) is 1. The first-order chi connectivity index (χ1) is 9.11. The zero-order valence-corrected chi connectivity index (χ0v) is 10.0. The highest BCUT2D eigenvalue weighted by molar-refractivity contribution is 5.80. The van der Waals surface area contributed by atoms with Crippen LogP contribution in [0.4, 0.5) is 5.69 Å². The molecule has 1 fully saturated rings. The van der Waals surface area contributed by atoms with E-state index in [4.69, 9.17) is 4.74 Å². The van der Waals surface area contributed by atoms with E-state index in [1.54, 1.807) is 0 Å². The molecule has 1 aromatic carbocycles. The molecule has 7 heteroatoms. The van der Waals surface area contributed by atoms with Crippen molar-refractivity contribution in [1.29, 1.82) is 0 Å². The third-order valence-corrected chi connectivity index (χ3v) is 2.97. The van der Waals surface area contributed by atoms with Gasteiger partial charge in [-0.25, -0.2) is 4.79 Å².